The largest absolute Gasteiger partial charge is 0.416 e. The third kappa shape index (κ3) is 6.81. The minimum atomic E-state index is -4.38. The Bertz CT molecular complexity index is 792. The molecule has 0 bridgehead atoms. The number of ether oxygens (including phenoxy) is 1. The van der Waals surface area contributed by atoms with Crippen LogP contribution in [0, 0.1) is 0 Å². The second-order valence-electron chi connectivity index (χ2n) is 7.35. The van der Waals surface area contributed by atoms with E-state index >= 15 is 0 Å². The number of halogens is 3. The Kier molecular flexibility index (Phi) is 7.81. The van der Waals surface area contributed by atoms with Crippen LogP contribution in [0.5, 0.6) is 0 Å². The van der Waals surface area contributed by atoms with E-state index in [9.17, 15) is 18.0 Å². The number of nitrogens with zero attached hydrogens (tertiary/aromatic N) is 3. The molecule has 1 saturated heterocycles. The SMILES string of the molecule is O=C(Cc1ccc(C(F)(F)F)cc1)N(CCCN1CCOCC1)Cc1ccncc1. The molecular weight excluding hydrogens is 395 g/mol. The van der Waals surface area contributed by atoms with Crippen LogP contribution in [0.1, 0.15) is 23.1 Å². The standard InChI is InChI=1S/C22H26F3N3O2/c23-22(24,25)20-4-2-18(3-5-20)16-21(29)28(17-19-6-8-26-9-7-19)11-1-10-27-12-14-30-15-13-27/h2-9H,1,10-17H2. The van der Waals surface area contributed by atoms with Gasteiger partial charge in [-0.2, -0.15) is 13.2 Å². The van der Waals surface area contributed by atoms with Crippen molar-refractivity contribution >= 4 is 5.91 Å². The molecule has 1 aliphatic heterocycles. The number of hydrogen-bond acceptors (Lipinski definition) is 4. The molecule has 0 atom stereocenters. The minimum absolute atomic E-state index is 0.0702. The molecule has 0 spiro atoms. The quantitative estimate of drug-likeness (QED) is 0.656. The van der Waals surface area contributed by atoms with Gasteiger partial charge in [0.05, 0.1) is 25.2 Å². The van der Waals surface area contributed by atoms with E-state index in [-0.39, 0.29) is 12.3 Å². The highest BCUT2D eigenvalue weighted by molar-refractivity contribution is 5.78. The first-order valence-corrected chi connectivity index (χ1v) is 10.0. The highest BCUT2D eigenvalue weighted by atomic mass is 19.4. The van der Waals surface area contributed by atoms with Gasteiger partial charge in [-0.1, -0.05) is 12.1 Å². The van der Waals surface area contributed by atoms with Crippen LogP contribution in [0.25, 0.3) is 0 Å². The number of pyridine rings is 1. The van der Waals surface area contributed by atoms with Gasteiger partial charge in [0.15, 0.2) is 0 Å². The van der Waals surface area contributed by atoms with E-state index in [0.29, 0.717) is 18.7 Å². The molecule has 0 unspecified atom stereocenters. The van der Waals surface area contributed by atoms with Crippen molar-refractivity contribution in [2.45, 2.75) is 25.6 Å². The van der Waals surface area contributed by atoms with Gasteiger partial charge in [0, 0.05) is 45.1 Å². The van der Waals surface area contributed by atoms with E-state index in [2.05, 4.69) is 9.88 Å². The van der Waals surface area contributed by atoms with Crippen LogP contribution in [-0.4, -0.2) is 60.1 Å². The van der Waals surface area contributed by atoms with Gasteiger partial charge in [-0.05, 0) is 41.8 Å². The number of aromatic nitrogens is 1. The summed E-state index contributed by atoms with van der Waals surface area (Å²) in [6.07, 6.45) is -0.122. The second kappa shape index (κ2) is 10.5. The lowest BCUT2D eigenvalue weighted by molar-refractivity contribution is -0.137. The lowest BCUT2D eigenvalue weighted by atomic mass is 10.1. The van der Waals surface area contributed by atoms with E-state index in [1.807, 2.05) is 12.1 Å². The summed E-state index contributed by atoms with van der Waals surface area (Å²) in [6, 6.07) is 8.52. The molecule has 162 valence electrons. The van der Waals surface area contributed by atoms with Gasteiger partial charge >= 0.3 is 6.18 Å². The topological polar surface area (TPSA) is 45.7 Å². The van der Waals surface area contributed by atoms with Crippen molar-refractivity contribution in [2.24, 2.45) is 0 Å². The molecule has 1 amide bonds. The third-order valence-electron chi connectivity index (χ3n) is 5.12. The summed E-state index contributed by atoms with van der Waals surface area (Å²) in [5, 5.41) is 0. The van der Waals surface area contributed by atoms with Gasteiger partial charge in [0.25, 0.3) is 0 Å². The maximum atomic E-state index is 12.9. The summed E-state index contributed by atoms with van der Waals surface area (Å²) in [5.74, 6) is -0.103. The zero-order valence-electron chi connectivity index (χ0n) is 16.8. The zero-order valence-corrected chi connectivity index (χ0v) is 16.8. The Balaban J connectivity index is 1.61. The Morgan fingerprint density at radius 2 is 1.70 bits per heavy atom. The van der Waals surface area contributed by atoms with Crippen LogP contribution in [-0.2, 0) is 28.7 Å². The summed E-state index contributed by atoms with van der Waals surface area (Å²) >= 11 is 0. The zero-order chi connectivity index (χ0) is 21.4. The van der Waals surface area contributed by atoms with Gasteiger partial charge in [0.1, 0.15) is 0 Å². The second-order valence-corrected chi connectivity index (χ2v) is 7.35. The van der Waals surface area contributed by atoms with Crippen molar-refractivity contribution in [3.8, 4) is 0 Å². The van der Waals surface area contributed by atoms with E-state index in [1.165, 1.54) is 12.1 Å². The molecule has 2 heterocycles. The Morgan fingerprint density at radius 3 is 2.33 bits per heavy atom. The molecule has 1 aromatic heterocycles. The molecule has 5 nitrogen and oxygen atoms in total. The summed E-state index contributed by atoms with van der Waals surface area (Å²) in [7, 11) is 0. The van der Waals surface area contributed by atoms with Crippen LogP contribution >= 0.6 is 0 Å². The molecule has 1 fully saturated rings. The normalized spacial score (nSPS) is 15.2. The lowest BCUT2D eigenvalue weighted by Gasteiger charge is -2.28. The van der Waals surface area contributed by atoms with Gasteiger partial charge < -0.3 is 9.64 Å². The summed E-state index contributed by atoms with van der Waals surface area (Å²) < 4.78 is 43.6. The van der Waals surface area contributed by atoms with Crippen molar-refractivity contribution in [3.63, 3.8) is 0 Å². The van der Waals surface area contributed by atoms with Crippen LogP contribution in [0.15, 0.2) is 48.8 Å². The highest BCUT2D eigenvalue weighted by Gasteiger charge is 2.30. The van der Waals surface area contributed by atoms with Crippen molar-refractivity contribution in [1.29, 1.82) is 0 Å². The first-order chi connectivity index (χ1) is 14.4. The van der Waals surface area contributed by atoms with Crippen LogP contribution < -0.4 is 0 Å². The Hall–Kier alpha value is -2.45. The molecule has 1 aliphatic rings. The number of benzene rings is 1. The van der Waals surface area contributed by atoms with Crippen molar-refractivity contribution in [1.82, 2.24) is 14.8 Å². The molecule has 30 heavy (non-hydrogen) atoms. The van der Waals surface area contributed by atoms with Crippen molar-refractivity contribution < 1.29 is 22.7 Å². The van der Waals surface area contributed by atoms with Gasteiger partial charge in [-0.3, -0.25) is 14.7 Å². The van der Waals surface area contributed by atoms with Crippen molar-refractivity contribution in [2.75, 3.05) is 39.4 Å². The fourth-order valence-electron chi connectivity index (χ4n) is 3.41. The average Bonchev–Trinajstić information content (AvgIpc) is 2.74. The smallest absolute Gasteiger partial charge is 0.379 e. The van der Waals surface area contributed by atoms with Crippen LogP contribution in [0.3, 0.4) is 0 Å². The molecule has 8 heteroatoms. The average molecular weight is 421 g/mol. The highest BCUT2D eigenvalue weighted by Crippen LogP contribution is 2.29. The van der Waals surface area contributed by atoms with E-state index in [0.717, 1.165) is 57.0 Å². The number of rotatable bonds is 8. The maximum absolute atomic E-state index is 12.9. The van der Waals surface area contributed by atoms with E-state index < -0.39 is 11.7 Å². The first kappa shape index (κ1) is 22.2. The van der Waals surface area contributed by atoms with Crippen LogP contribution in [0.4, 0.5) is 13.2 Å². The van der Waals surface area contributed by atoms with Crippen LogP contribution in [0.2, 0.25) is 0 Å². The fourth-order valence-corrected chi connectivity index (χ4v) is 3.41. The predicted molar refractivity (Wildman–Crippen MR) is 107 cm³/mol. The number of carbonyl (C=O) groups excluding carboxylic acids is 1. The molecular formula is C22H26F3N3O2. The molecule has 0 N–H and O–H groups in total. The number of alkyl halides is 3. The summed E-state index contributed by atoms with van der Waals surface area (Å²) in [5.41, 5.74) is 0.830. The first-order valence-electron chi connectivity index (χ1n) is 10.0. The van der Waals surface area contributed by atoms with E-state index in [4.69, 9.17) is 4.74 Å². The molecule has 2 aromatic rings. The molecule has 0 aliphatic carbocycles. The van der Waals surface area contributed by atoms with Crippen molar-refractivity contribution in [3.05, 3.63) is 65.5 Å². The fraction of sp³-hybridized carbons (Fsp3) is 0.455. The minimum Gasteiger partial charge on any atom is -0.379 e. The summed E-state index contributed by atoms with van der Waals surface area (Å²) in [4.78, 5) is 21.0. The maximum Gasteiger partial charge on any atom is 0.416 e. The molecule has 0 radical (unpaired) electrons. The number of carbonyl (C=O) groups is 1. The predicted octanol–water partition coefficient (Wildman–Crippen LogP) is 3.39. The Labute approximate surface area is 174 Å². The molecule has 3 rings (SSSR count). The lowest BCUT2D eigenvalue weighted by Crippen LogP contribution is -2.39. The molecule has 1 aromatic carbocycles. The molecule has 0 saturated carbocycles. The monoisotopic (exact) mass is 421 g/mol. The van der Waals surface area contributed by atoms with E-state index in [1.54, 1.807) is 17.3 Å². The van der Waals surface area contributed by atoms with Gasteiger partial charge in [-0.25, -0.2) is 0 Å². The number of amides is 1. The Morgan fingerprint density at radius 1 is 1.03 bits per heavy atom. The summed E-state index contributed by atoms with van der Waals surface area (Å²) in [6.45, 7) is 5.16. The third-order valence-corrected chi connectivity index (χ3v) is 5.12. The van der Waals surface area contributed by atoms with Gasteiger partial charge in [0.2, 0.25) is 5.91 Å². The van der Waals surface area contributed by atoms with Gasteiger partial charge in [-0.15, -0.1) is 0 Å². The number of hydrogen-bond donors (Lipinski definition) is 0. The number of morpholine rings is 1.